The Hall–Kier alpha value is -2.89. The van der Waals surface area contributed by atoms with Crippen LogP contribution in [0.3, 0.4) is 0 Å². The fraction of sp³-hybridized carbons (Fsp3) is 0.182. The van der Waals surface area contributed by atoms with Crippen molar-refractivity contribution in [3.05, 3.63) is 87.8 Å². The molecule has 2 N–H and O–H groups in total. The fourth-order valence-corrected chi connectivity index (χ4v) is 3.94. The van der Waals surface area contributed by atoms with E-state index < -0.39 is 6.23 Å². The number of aromatic nitrogens is 1. The normalized spacial score (nSPS) is 19.3. The van der Waals surface area contributed by atoms with Gasteiger partial charge in [-0.2, -0.15) is 0 Å². The zero-order valence-corrected chi connectivity index (χ0v) is 15.8. The Bertz CT molecular complexity index is 1080. The Kier molecular flexibility index (Phi) is 5.03. The largest absolute Gasteiger partial charge is 0.374 e. The summed E-state index contributed by atoms with van der Waals surface area (Å²) in [4.78, 5) is 24.3. The highest BCUT2D eigenvalue weighted by Gasteiger charge is 2.30. The van der Waals surface area contributed by atoms with E-state index >= 15 is 0 Å². The molecule has 2 heterocycles. The number of carbonyl (C=O) groups excluding carboxylic acids is 1. The third-order valence-electron chi connectivity index (χ3n) is 5.04. The number of aliphatic hydroxyl groups excluding tert-OH is 1. The van der Waals surface area contributed by atoms with Crippen LogP contribution in [0.2, 0.25) is 5.02 Å². The highest BCUT2D eigenvalue weighted by molar-refractivity contribution is 6.34. The maximum atomic E-state index is 12.3. The van der Waals surface area contributed by atoms with Gasteiger partial charge < -0.3 is 10.4 Å². The SMILES string of the molecule is O=C1NC(O)CCC1c1cccc(-c2ccc(-n3ccccc3=O)cc2)c1Cl. The molecule has 2 aromatic carbocycles. The van der Waals surface area contributed by atoms with Crippen LogP contribution in [0.15, 0.2) is 71.7 Å². The maximum Gasteiger partial charge on any atom is 0.255 e. The van der Waals surface area contributed by atoms with Gasteiger partial charge in [0.05, 0.1) is 10.9 Å². The maximum absolute atomic E-state index is 12.3. The van der Waals surface area contributed by atoms with E-state index in [1.807, 2.05) is 48.5 Å². The second-order valence-electron chi connectivity index (χ2n) is 6.82. The number of rotatable bonds is 3. The van der Waals surface area contributed by atoms with Gasteiger partial charge in [0.25, 0.3) is 5.56 Å². The van der Waals surface area contributed by atoms with Crippen molar-refractivity contribution in [3.8, 4) is 16.8 Å². The quantitative estimate of drug-likeness (QED) is 0.714. The van der Waals surface area contributed by atoms with Crippen molar-refractivity contribution in [2.75, 3.05) is 0 Å². The second kappa shape index (κ2) is 7.62. The number of amides is 1. The van der Waals surface area contributed by atoms with Crippen molar-refractivity contribution >= 4 is 17.5 Å². The van der Waals surface area contributed by atoms with Crippen LogP contribution >= 0.6 is 11.6 Å². The number of pyridine rings is 1. The van der Waals surface area contributed by atoms with Crippen LogP contribution in [0.1, 0.15) is 24.3 Å². The van der Waals surface area contributed by atoms with Crippen LogP contribution in [-0.2, 0) is 4.79 Å². The van der Waals surface area contributed by atoms with E-state index in [1.54, 1.807) is 16.8 Å². The Morgan fingerprint density at radius 2 is 1.75 bits per heavy atom. The summed E-state index contributed by atoms with van der Waals surface area (Å²) in [6.45, 7) is 0. The van der Waals surface area contributed by atoms with Gasteiger partial charge in [-0.1, -0.05) is 48.0 Å². The number of nitrogens with zero attached hydrogens (tertiary/aromatic N) is 1. The molecule has 6 heteroatoms. The number of aliphatic hydroxyl groups is 1. The van der Waals surface area contributed by atoms with Crippen molar-refractivity contribution in [2.45, 2.75) is 25.0 Å². The Labute approximate surface area is 167 Å². The second-order valence-corrected chi connectivity index (χ2v) is 7.20. The molecule has 0 spiro atoms. The molecule has 142 valence electrons. The Balaban J connectivity index is 1.68. The Morgan fingerprint density at radius 3 is 2.46 bits per heavy atom. The molecule has 1 fully saturated rings. The van der Waals surface area contributed by atoms with Gasteiger partial charge in [0, 0.05) is 23.5 Å². The summed E-state index contributed by atoms with van der Waals surface area (Å²) in [6, 6.07) is 18.2. The van der Waals surface area contributed by atoms with Crippen molar-refractivity contribution in [1.82, 2.24) is 9.88 Å². The number of nitrogens with one attached hydrogen (secondary N) is 1. The smallest absolute Gasteiger partial charge is 0.255 e. The van der Waals surface area contributed by atoms with Crippen LogP contribution in [-0.4, -0.2) is 21.8 Å². The molecule has 0 radical (unpaired) electrons. The summed E-state index contributed by atoms with van der Waals surface area (Å²) in [6.07, 6.45) is 1.98. The van der Waals surface area contributed by atoms with E-state index in [4.69, 9.17) is 11.6 Å². The summed E-state index contributed by atoms with van der Waals surface area (Å²) < 4.78 is 1.57. The van der Waals surface area contributed by atoms with E-state index in [9.17, 15) is 14.7 Å². The van der Waals surface area contributed by atoms with Gasteiger partial charge in [-0.15, -0.1) is 0 Å². The van der Waals surface area contributed by atoms with E-state index in [0.717, 1.165) is 22.4 Å². The topological polar surface area (TPSA) is 71.3 Å². The lowest BCUT2D eigenvalue weighted by Crippen LogP contribution is -2.42. The molecule has 5 nitrogen and oxygen atoms in total. The minimum atomic E-state index is -0.792. The van der Waals surface area contributed by atoms with Crippen molar-refractivity contribution < 1.29 is 9.90 Å². The molecule has 1 saturated heterocycles. The molecule has 1 amide bonds. The molecular weight excluding hydrogens is 376 g/mol. The van der Waals surface area contributed by atoms with E-state index in [2.05, 4.69) is 5.32 Å². The standard InChI is InChI=1S/C22H19ClN2O3/c23-21-16(4-3-5-17(21)18-11-12-19(26)24-22(18)28)14-7-9-15(10-8-14)25-13-2-1-6-20(25)27/h1-10,13,18-19,26H,11-12H2,(H,24,28). The molecule has 1 aliphatic heterocycles. The summed E-state index contributed by atoms with van der Waals surface area (Å²) in [5.41, 5.74) is 3.15. The predicted molar refractivity (Wildman–Crippen MR) is 109 cm³/mol. The van der Waals surface area contributed by atoms with Gasteiger partial charge in [-0.25, -0.2) is 0 Å². The summed E-state index contributed by atoms with van der Waals surface area (Å²) in [5, 5.41) is 12.7. The number of halogens is 1. The monoisotopic (exact) mass is 394 g/mol. The van der Waals surface area contributed by atoms with Crippen molar-refractivity contribution in [3.63, 3.8) is 0 Å². The summed E-state index contributed by atoms with van der Waals surface area (Å²) >= 11 is 6.66. The van der Waals surface area contributed by atoms with Gasteiger partial charge in [0.15, 0.2) is 0 Å². The minimum absolute atomic E-state index is 0.0965. The molecule has 2 atom stereocenters. The average Bonchev–Trinajstić information content (AvgIpc) is 2.69. The van der Waals surface area contributed by atoms with Gasteiger partial charge >= 0.3 is 0 Å². The van der Waals surface area contributed by atoms with E-state index in [-0.39, 0.29) is 17.4 Å². The molecule has 0 aliphatic carbocycles. The van der Waals surface area contributed by atoms with Gasteiger partial charge in [-0.05, 0) is 42.2 Å². The molecule has 28 heavy (non-hydrogen) atoms. The first-order valence-electron chi connectivity index (χ1n) is 9.10. The first kappa shape index (κ1) is 18.5. The van der Waals surface area contributed by atoms with E-state index in [1.165, 1.54) is 6.07 Å². The minimum Gasteiger partial charge on any atom is -0.374 e. The number of hydrogen-bond donors (Lipinski definition) is 2. The van der Waals surface area contributed by atoms with Crippen LogP contribution < -0.4 is 10.9 Å². The first-order valence-corrected chi connectivity index (χ1v) is 9.48. The van der Waals surface area contributed by atoms with Crippen LogP contribution in [0, 0.1) is 0 Å². The van der Waals surface area contributed by atoms with Gasteiger partial charge in [0.2, 0.25) is 5.91 Å². The van der Waals surface area contributed by atoms with E-state index in [0.29, 0.717) is 17.9 Å². The molecule has 2 unspecified atom stereocenters. The lowest BCUT2D eigenvalue weighted by atomic mass is 9.88. The third kappa shape index (κ3) is 3.46. The summed E-state index contributed by atoms with van der Waals surface area (Å²) in [7, 11) is 0. The molecule has 3 aromatic rings. The number of carbonyl (C=O) groups is 1. The molecule has 4 rings (SSSR count). The van der Waals surface area contributed by atoms with Crippen LogP contribution in [0.5, 0.6) is 0 Å². The lowest BCUT2D eigenvalue weighted by molar-refractivity contribution is -0.128. The fourth-order valence-electron chi connectivity index (χ4n) is 3.57. The third-order valence-corrected chi connectivity index (χ3v) is 5.46. The number of piperidine rings is 1. The number of hydrogen-bond acceptors (Lipinski definition) is 3. The molecule has 0 saturated carbocycles. The van der Waals surface area contributed by atoms with Crippen LogP contribution in [0.4, 0.5) is 0 Å². The highest BCUT2D eigenvalue weighted by Crippen LogP contribution is 2.37. The molecular formula is C22H19ClN2O3. The van der Waals surface area contributed by atoms with Crippen molar-refractivity contribution in [2.24, 2.45) is 0 Å². The number of benzene rings is 2. The predicted octanol–water partition coefficient (Wildman–Crippen LogP) is 3.47. The zero-order valence-electron chi connectivity index (χ0n) is 15.0. The summed E-state index contributed by atoms with van der Waals surface area (Å²) in [5.74, 6) is -0.588. The lowest BCUT2D eigenvalue weighted by Gasteiger charge is -2.27. The molecule has 0 bridgehead atoms. The van der Waals surface area contributed by atoms with Crippen LogP contribution in [0.25, 0.3) is 16.8 Å². The molecule has 1 aromatic heterocycles. The highest BCUT2D eigenvalue weighted by atomic mass is 35.5. The average molecular weight is 395 g/mol. The van der Waals surface area contributed by atoms with Gasteiger partial charge in [-0.3, -0.25) is 14.2 Å². The first-order chi connectivity index (χ1) is 13.5. The Morgan fingerprint density at radius 1 is 0.964 bits per heavy atom. The van der Waals surface area contributed by atoms with Gasteiger partial charge in [0.1, 0.15) is 6.23 Å². The zero-order chi connectivity index (χ0) is 19.7. The molecule has 1 aliphatic rings. The van der Waals surface area contributed by atoms with Crippen molar-refractivity contribution in [1.29, 1.82) is 0 Å².